The van der Waals surface area contributed by atoms with Gasteiger partial charge in [-0.05, 0) is 70.4 Å². The van der Waals surface area contributed by atoms with Gasteiger partial charge in [0.05, 0.1) is 0 Å². The van der Waals surface area contributed by atoms with Gasteiger partial charge in [0, 0.05) is 37.6 Å². The highest BCUT2D eigenvalue weighted by Gasteiger charge is 2.36. The quantitative estimate of drug-likeness (QED) is 0.817. The van der Waals surface area contributed by atoms with Gasteiger partial charge in [0.15, 0.2) is 0 Å². The van der Waals surface area contributed by atoms with Gasteiger partial charge in [0.25, 0.3) is 0 Å². The minimum atomic E-state index is 0. The van der Waals surface area contributed by atoms with E-state index in [1.807, 2.05) is 0 Å². The molecule has 0 aliphatic carbocycles. The summed E-state index contributed by atoms with van der Waals surface area (Å²) in [6, 6.07) is 1.91. The number of halogens is 2. The molecule has 0 spiro atoms. The number of likely N-dealkylation sites (tertiary alicyclic amines) is 2. The Labute approximate surface area is 158 Å². The summed E-state index contributed by atoms with van der Waals surface area (Å²) >= 11 is 0. The minimum Gasteiger partial charge on any atom is -0.338 e. The SMILES string of the molecule is Cl.Cl.O=C(CC1CC2CCC(C1)N2)N1CCCC1CN1CCCC1. The zero-order chi connectivity index (χ0) is 14.9. The van der Waals surface area contributed by atoms with E-state index >= 15 is 0 Å². The number of rotatable bonds is 4. The molecule has 6 heteroatoms. The zero-order valence-corrected chi connectivity index (χ0v) is 16.3. The average molecular weight is 378 g/mol. The Morgan fingerprint density at radius 1 is 0.917 bits per heavy atom. The van der Waals surface area contributed by atoms with E-state index in [0.29, 0.717) is 30.0 Å². The Bertz CT molecular complexity index is 405. The van der Waals surface area contributed by atoms with Gasteiger partial charge in [-0.2, -0.15) is 0 Å². The Morgan fingerprint density at radius 2 is 1.58 bits per heavy atom. The second-order valence-electron chi connectivity index (χ2n) is 8.07. The number of hydrogen-bond acceptors (Lipinski definition) is 3. The molecule has 0 saturated carbocycles. The highest BCUT2D eigenvalue weighted by Crippen LogP contribution is 2.33. The minimum absolute atomic E-state index is 0. The molecule has 4 heterocycles. The van der Waals surface area contributed by atoms with Gasteiger partial charge >= 0.3 is 0 Å². The first-order valence-electron chi connectivity index (χ1n) is 9.56. The lowest BCUT2D eigenvalue weighted by molar-refractivity contribution is -0.133. The van der Waals surface area contributed by atoms with Crippen molar-refractivity contribution < 1.29 is 4.79 Å². The van der Waals surface area contributed by atoms with Crippen molar-refractivity contribution in [3.8, 4) is 0 Å². The maximum absolute atomic E-state index is 12.8. The van der Waals surface area contributed by atoms with Crippen molar-refractivity contribution in [3.63, 3.8) is 0 Å². The molecule has 2 bridgehead atoms. The molecular formula is C18H33Cl2N3O. The van der Waals surface area contributed by atoms with Crippen molar-refractivity contribution in [2.45, 2.75) is 75.9 Å². The molecular weight excluding hydrogens is 345 g/mol. The Kier molecular flexibility index (Phi) is 7.66. The topological polar surface area (TPSA) is 35.6 Å². The Hall–Kier alpha value is -0.0300. The maximum atomic E-state index is 12.8. The molecule has 140 valence electrons. The third-order valence-corrected chi connectivity index (χ3v) is 6.40. The number of nitrogens with zero attached hydrogens (tertiary/aromatic N) is 2. The largest absolute Gasteiger partial charge is 0.338 e. The first-order chi connectivity index (χ1) is 10.8. The first-order valence-corrected chi connectivity index (χ1v) is 9.56. The highest BCUT2D eigenvalue weighted by atomic mass is 35.5. The van der Waals surface area contributed by atoms with E-state index in [1.165, 1.54) is 64.5 Å². The lowest BCUT2D eigenvalue weighted by Gasteiger charge is -2.32. The van der Waals surface area contributed by atoms with Crippen LogP contribution in [0.1, 0.15) is 57.8 Å². The molecule has 1 N–H and O–H groups in total. The number of piperidine rings is 1. The van der Waals surface area contributed by atoms with Gasteiger partial charge in [0.1, 0.15) is 0 Å². The van der Waals surface area contributed by atoms with Crippen molar-refractivity contribution in [2.24, 2.45) is 5.92 Å². The summed E-state index contributed by atoms with van der Waals surface area (Å²) in [5.41, 5.74) is 0. The molecule has 3 atom stereocenters. The van der Waals surface area contributed by atoms with E-state index in [1.54, 1.807) is 0 Å². The molecule has 4 nitrogen and oxygen atoms in total. The number of fused-ring (bicyclic) bond motifs is 2. The average Bonchev–Trinajstić information content (AvgIpc) is 3.22. The van der Waals surface area contributed by atoms with Crippen molar-refractivity contribution >= 4 is 30.7 Å². The van der Waals surface area contributed by atoms with E-state index in [0.717, 1.165) is 19.5 Å². The van der Waals surface area contributed by atoms with Crippen LogP contribution in [-0.2, 0) is 4.79 Å². The van der Waals surface area contributed by atoms with Crippen LogP contribution in [0.5, 0.6) is 0 Å². The summed E-state index contributed by atoms with van der Waals surface area (Å²) in [5.74, 6) is 1.09. The van der Waals surface area contributed by atoms with E-state index < -0.39 is 0 Å². The third kappa shape index (κ3) is 4.57. The summed E-state index contributed by atoms with van der Waals surface area (Å²) in [4.78, 5) is 17.6. The maximum Gasteiger partial charge on any atom is 0.223 e. The van der Waals surface area contributed by atoms with Crippen LogP contribution in [0.3, 0.4) is 0 Å². The molecule has 3 unspecified atom stereocenters. The molecule has 24 heavy (non-hydrogen) atoms. The van der Waals surface area contributed by atoms with Crippen LogP contribution in [0.15, 0.2) is 0 Å². The smallest absolute Gasteiger partial charge is 0.223 e. The summed E-state index contributed by atoms with van der Waals surface area (Å²) in [7, 11) is 0. The third-order valence-electron chi connectivity index (χ3n) is 6.40. The molecule has 4 rings (SSSR count). The van der Waals surface area contributed by atoms with Crippen molar-refractivity contribution in [1.29, 1.82) is 0 Å². The van der Waals surface area contributed by atoms with Gasteiger partial charge in [-0.25, -0.2) is 0 Å². The number of carbonyl (C=O) groups is 1. The van der Waals surface area contributed by atoms with Crippen LogP contribution in [0.2, 0.25) is 0 Å². The predicted octanol–water partition coefficient (Wildman–Crippen LogP) is 2.84. The van der Waals surface area contributed by atoms with Crippen LogP contribution < -0.4 is 5.32 Å². The van der Waals surface area contributed by atoms with Crippen molar-refractivity contribution in [3.05, 3.63) is 0 Å². The van der Waals surface area contributed by atoms with Crippen molar-refractivity contribution in [2.75, 3.05) is 26.2 Å². The Balaban J connectivity index is 0.00000104. The fraction of sp³-hybridized carbons (Fsp3) is 0.944. The van der Waals surface area contributed by atoms with Gasteiger partial charge in [-0.3, -0.25) is 4.79 Å². The van der Waals surface area contributed by atoms with E-state index in [2.05, 4.69) is 15.1 Å². The summed E-state index contributed by atoms with van der Waals surface area (Å²) < 4.78 is 0. The van der Waals surface area contributed by atoms with E-state index in [-0.39, 0.29) is 24.8 Å². The number of amides is 1. The predicted molar refractivity (Wildman–Crippen MR) is 102 cm³/mol. The summed E-state index contributed by atoms with van der Waals surface area (Å²) in [6.07, 6.45) is 11.1. The molecule has 0 aromatic heterocycles. The fourth-order valence-corrected chi connectivity index (χ4v) is 5.32. The Morgan fingerprint density at radius 3 is 2.25 bits per heavy atom. The molecule has 4 aliphatic rings. The lowest BCUT2D eigenvalue weighted by Crippen LogP contribution is -2.44. The second-order valence-corrected chi connectivity index (χ2v) is 8.07. The molecule has 1 amide bonds. The van der Waals surface area contributed by atoms with Crippen molar-refractivity contribution in [1.82, 2.24) is 15.1 Å². The normalized spacial score (nSPS) is 35.6. The van der Waals surface area contributed by atoms with Crippen LogP contribution in [0, 0.1) is 5.92 Å². The number of hydrogen-bond donors (Lipinski definition) is 1. The van der Waals surface area contributed by atoms with Crippen LogP contribution in [0.4, 0.5) is 0 Å². The molecule has 0 aromatic rings. The second kappa shape index (κ2) is 9.07. The van der Waals surface area contributed by atoms with Gasteiger partial charge in [0.2, 0.25) is 5.91 Å². The van der Waals surface area contributed by atoms with Gasteiger partial charge in [-0.1, -0.05) is 0 Å². The monoisotopic (exact) mass is 377 g/mol. The van der Waals surface area contributed by atoms with Crippen LogP contribution in [-0.4, -0.2) is 60.0 Å². The molecule has 4 saturated heterocycles. The number of nitrogens with one attached hydrogen (secondary N) is 1. The molecule has 0 aromatic carbocycles. The highest BCUT2D eigenvalue weighted by molar-refractivity contribution is 5.85. The first kappa shape index (κ1) is 20.3. The van der Waals surface area contributed by atoms with Crippen LogP contribution in [0.25, 0.3) is 0 Å². The van der Waals surface area contributed by atoms with Gasteiger partial charge < -0.3 is 15.1 Å². The zero-order valence-electron chi connectivity index (χ0n) is 14.6. The molecule has 4 fully saturated rings. The molecule has 4 aliphatic heterocycles. The summed E-state index contributed by atoms with van der Waals surface area (Å²) in [5, 5.41) is 3.69. The van der Waals surface area contributed by atoms with E-state index in [4.69, 9.17) is 0 Å². The fourth-order valence-electron chi connectivity index (χ4n) is 5.32. The summed E-state index contributed by atoms with van der Waals surface area (Å²) in [6.45, 7) is 4.63. The molecule has 0 radical (unpaired) electrons. The standard InChI is InChI=1S/C18H31N3O.2ClH/c22-18(12-14-10-15-5-6-16(11-14)19-15)21-9-3-4-17(21)13-20-7-1-2-8-20;;/h14-17,19H,1-13H2;2*1H. The van der Waals surface area contributed by atoms with E-state index in [9.17, 15) is 4.79 Å². The number of carbonyl (C=O) groups excluding carboxylic acids is 1. The van der Waals surface area contributed by atoms with Gasteiger partial charge in [-0.15, -0.1) is 24.8 Å². The van der Waals surface area contributed by atoms with Crippen LogP contribution >= 0.6 is 24.8 Å². The lowest BCUT2D eigenvalue weighted by atomic mass is 9.89.